The fraction of sp³-hybridized carbons (Fsp3) is 1.00. The number of rotatable bonds is 9. The van der Waals surface area contributed by atoms with Crippen molar-refractivity contribution in [3.63, 3.8) is 0 Å². The average molecular weight is 227 g/mol. The number of unbranched alkanes of at least 4 members (excludes halogenated alkanes) is 3. The van der Waals surface area contributed by atoms with E-state index in [0.29, 0.717) is 6.61 Å². The Balaban J connectivity index is 2.99. The molecule has 0 atom stereocenters. The molecule has 92 valence electrons. The molecule has 5 heteroatoms. The lowest BCUT2D eigenvalue weighted by Gasteiger charge is -2.06. The lowest BCUT2D eigenvalue weighted by Crippen LogP contribution is -2.12. The van der Waals surface area contributed by atoms with Gasteiger partial charge in [-0.05, 0) is 26.4 Å². The summed E-state index contributed by atoms with van der Waals surface area (Å²) in [6.45, 7) is 1.23. The van der Waals surface area contributed by atoms with E-state index >= 15 is 0 Å². The van der Waals surface area contributed by atoms with Crippen LogP contribution in [0.2, 0.25) is 0 Å². The van der Waals surface area contributed by atoms with E-state index in [9.17, 15) is 13.2 Å². The molecule has 0 aliphatic heterocycles. The molecule has 0 heterocycles. The highest BCUT2D eigenvalue weighted by Crippen LogP contribution is 2.18. The van der Waals surface area contributed by atoms with Crippen molar-refractivity contribution in [2.24, 2.45) is 0 Å². The third-order valence-electron chi connectivity index (χ3n) is 2.00. The first-order valence-corrected chi connectivity index (χ1v) is 5.35. The van der Waals surface area contributed by atoms with Crippen LogP contribution in [0.4, 0.5) is 13.2 Å². The molecule has 0 aromatic rings. The van der Waals surface area contributed by atoms with Crippen molar-refractivity contribution in [3.05, 3.63) is 0 Å². The Hall–Kier alpha value is -0.290. The van der Waals surface area contributed by atoms with Gasteiger partial charge in [0.1, 0.15) is 0 Å². The van der Waals surface area contributed by atoms with Gasteiger partial charge in [0, 0.05) is 6.61 Å². The van der Waals surface area contributed by atoms with Crippen LogP contribution in [-0.2, 0) is 4.74 Å². The molecule has 2 nitrogen and oxygen atoms in total. The predicted molar refractivity (Wildman–Crippen MR) is 53.9 cm³/mol. The van der Waals surface area contributed by atoms with Crippen LogP contribution in [-0.4, -0.2) is 33.0 Å². The molecular formula is C10H20F3NO. The van der Waals surface area contributed by atoms with Gasteiger partial charge in [-0.15, -0.1) is 0 Å². The van der Waals surface area contributed by atoms with E-state index in [0.717, 1.165) is 32.2 Å². The lowest BCUT2D eigenvalue weighted by atomic mass is 10.2. The minimum absolute atomic E-state index is 0.208. The Morgan fingerprint density at radius 3 is 2.27 bits per heavy atom. The van der Waals surface area contributed by atoms with Crippen molar-refractivity contribution in [1.29, 1.82) is 0 Å². The fourth-order valence-electron chi connectivity index (χ4n) is 1.15. The summed E-state index contributed by atoms with van der Waals surface area (Å²) in [5.41, 5.74) is 0. The highest BCUT2D eigenvalue weighted by Gasteiger charge is 2.26. The Kier molecular flexibility index (Phi) is 8.80. The zero-order valence-electron chi connectivity index (χ0n) is 9.20. The molecule has 0 aliphatic rings. The van der Waals surface area contributed by atoms with E-state index < -0.39 is 12.6 Å². The van der Waals surface area contributed by atoms with Gasteiger partial charge in [0.25, 0.3) is 0 Å². The molecular weight excluding hydrogens is 207 g/mol. The largest absolute Gasteiger partial charge is 0.391 e. The van der Waals surface area contributed by atoms with E-state index in [1.165, 1.54) is 0 Å². The van der Waals surface area contributed by atoms with Gasteiger partial charge in [0.15, 0.2) is 0 Å². The van der Waals surface area contributed by atoms with Crippen LogP contribution in [0.1, 0.15) is 32.1 Å². The summed E-state index contributed by atoms with van der Waals surface area (Å²) in [5, 5.41) is 3.04. The summed E-state index contributed by atoms with van der Waals surface area (Å²) in [6.07, 6.45) is -0.850. The second-order valence-electron chi connectivity index (χ2n) is 3.50. The molecule has 0 spiro atoms. The first-order chi connectivity index (χ1) is 7.06. The minimum Gasteiger partial charge on any atom is -0.381 e. The maximum atomic E-state index is 11.7. The van der Waals surface area contributed by atoms with Gasteiger partial charge in [-0.3, -0.25) is 0 Å². The highest BCUT2D eigenvalue weighted by atomic mass is 19.4. The number of hydrogen-bond acceptors (Lipinski definition) is 2. The smallest absolute Gasteiger partial charge is 0.381 e. The summed E-state index contributed by atoms with van der Waals surface area (Å²) < 4.78 is 39.9. The Labute approximate surface area is 89.2 Å². The lowest BCUT2D eigenvalue weighted by molar-refractivity contribution is -0.145. The molecule has 0 aromatic carbocycles. The summed E-state index contributed by atoms with van der Waals surface area (Å²) in [6, 6.07) is 0. The molecule has 0 bridgehead atoms. The summed E-state index contributed by atoms with van der Waals surface area (Å²) in [4.78, 5) is 0. The van der Waals surface area contributed by atoms with Crippen LogP contribution in [0.5, 0.6) is 0 Å². The number of nitrogens with one attached hydrogen (secondary N) is 1. The van der Waals surface area contributed by atoms with Gasteiger partial charge in [-0.2, -0.15) is 13.2 Å². The van der Waals surface area contributed by atoms with Gasteiger partial charge in [-0.1, -0.05) is 12.8 Å². The van der Waals surface area contributed by atoms with E-state index in [1.54, 1.807) is 0 Å². The predicted octanol–water partition coefficient (Wildman–Crippen LogP) is 2.74. The Morgan fingerprint density at radius 1 is 1.00 bits per heavy atom. The normalized spacial score (nSPS) is 12.0. The number of alkyl halides is 3. The van der Waals surface area contributed by atoms with Crippen molar-refractivity contribution in [2.75, 3.05) is 26.8 Å². The number of halogens is 3. The molecule has 0 aliphatic carbocycles. The molecule has 0 saturated carbocycles. The van der Waals surface area contributed by atoms with Crippen LogP contribution >= 0.6 is 0 Å². The molecule has 0 rings (SSSR count). The van der Waals surface area contributed by atoms with Crippen LogP contribution < -0.4 is 5.32 Å². The molecule has 0 unspecified atom stereocenters. The topological polar surface area (TPSA) is 21.3 Å². The third kappa shape index (κ3) is 13.7. The quantitative estimate of drug-likeness (QED) is 0.611. The van der Waals surface area contributed by atoms with Crippen molar-refractivity contribution in [1.82, 2.24) is 5.32 Å². The summed E-state index contributed by atoms with van der Waals surface area (Å²) in [7, 11) is 1.90. The Bertz CT molecular complexity index is 139. The molecule has 15 heavy (non-hydrogen) atoms. The van der Waals surface area contributed by atoms with Gasteiger partial charge in [0.2, 0.25) is 0 Å². The van der Waals surface area contributed by atoms with Crippen LogP contribution in [0.15, 0.2) is 0 Å². The highest BCUT2D eigenvalue weighted by molar-refractivity contribution is 4.49. The number of ether oxygens (including phenoxy) is 1. The minimum atomic E-state index is -4.09. The first kappa shape index (κ1) is 14.7. The van der Waals surface area contributed by atoms with E-state index in [4.69, 9.17) is 4.74 Å². The van der Waals surface area contributed by atoms with E-state index in [1.807, 2.05) is 7.05 Å². The van der Waals surface area contributed by atoms with E-state index in [-0.39, 0.29) is 6.61 Å². The molecule has 0 radical (unpaired) electrons. The molecule has 0 amide bonds. The average Bonchev–Trinajstić information content (AvgIpc) is 2.14. The zero-order valence-corrected chi connectivity index (χ0v) is 9.20. The standard InChI is InChI=1S/C10H20F3NO/c1-14-7-4-2-3-5-8-15-9-6-10(11,12)13/h14H,2-9H2,1H3. The maximum Gasteiger partial charge on any atom is 0.391 e. The SMILES string of the molecule is CNCCCCCCOCCC(F)(F)F. The molecule has 0 aromatic heterocycles. The van der Waals surface area contributed by atoms with Crippen molar-refractivity contribution in [3.8, 4) is 0 Å². The Morgan fingerprint density at radius 2 is 1.67 bits per heavy atom. The zero-order chi connectivity index (χ0) is 11.6. The van der Waals surface area contributed by atoms with Crippen LogP contribution in [0, 0.1) is 0 Å². The third-order valence-corrected chi connectivity index (χ3v) is 2.00. The van der Waals surface area contributed by atoms with Gasteiger partial charge >= 0.3 is 6.18 Å². The molecule has 0 fully saturated rings. The first-order valence-electron chi connectivity index (χ1n) is 5.35. The van der Waals surface area contributed by atoms with Gasteiger partial charge < -0.3 is 10.1 Å². The molecule has 0 saturated heterocycles. The second-order valence-corrected chi connectivity index (χ2v) is 3.50. The monoisotopic (exact) mass is 227 g/mol. The number of hydrogen-bond donors (Lipinski definition) is 1. The summed E-state index contributed by atoms with van der Waals surface area (Å²) >= 11 is 0. The molecule has 1 N–H and O–H groups in total. The van der Waals surface area contributed by atoms with Crippen molar-refractivity contribution < 1.29 is 17.9 Å². The van der Waals surface area contributed by atoms with Gasteiger partial charge in [0.05, 0.1) is 13.0 Å². The van der Waals surface area contributed by atoms with Crippen molar-refractivity contribution >= 4 is 0 Å². The second kappa shape index (κ2) is 8.97. The van der Waals surface area contributed by atoms with Crippen LogP contribution in [0.3, 0.4) is 0 Å². The fourth-order valence-corrected chi connectivity index (χ4v) is 1.15. The maximum absolute atomic E-state index is 11.7. The summed E-state index contributed by atoms with van der Waals surface area (Å²) in [5.74, 6) is 0. The van der Waals surface area contributed by atoms with Crippen LogP contribution in [0.25, 0.3) is 0 Å². The van der Waals surface area contributed by atoms with E-state index in [2.05, 4.69) is 5.32 Å². The van der Waals surface area contributed by atoms with Crippen molar-refractivity contribution in [2.45, 2.75) is 38.3 Å². The van der Waals surface area contributed by atoms with Gasteiger partial charge in [-0.25, -0.2) is 0 Å².